The van der Waals surface area contributed by atoms with E-state index in [4.69, 9.17) is 9.15 Å². The summed E-state index contributed by atoms with van der Waals surface area (Å²) in [6.45, 7) is 2.53. The van der Waals surface area contributed by atoms with Crippen LogP contribution in [-0.4, -0.2) is 12.1 Å². The van der Waals surface area contributed by atoms with Gasteiger partial charge in [-0.25, -0.2) is 4.98 Å². The molecule has 1 rings (SSSR count). The van der Waals surface area contributed by atoms with Crippen molar-refractivity contribution in [2.45, 2.75) is 20.0 Å². The summed E-state index contributed by atoms with van der Waals surface area (Å²) >= 11 is 0. The van der Waals surface area contributed by atoms with Crippen LogP contribution in [0.15, 0.2) is 10.7 Å². The molecule has 0 aliphatic rings. The van der Waals surface area contributed by atoms with Gasteiger partial charge in [-0.15, -0.1) is 0 Å². The minimum atomic E-state index is 0.531. The Morgan fingerprint density at radius 1 is 1.70 bits per heavy atom. The third-order valence-electron chi connectivity index (χ3n) is 1.19. The average molecular weight is 141 g/mol. The van der Waals surface area contributed by atoms with Gasteiger partial charge in [0, 0.05) is 13.5 Å². The van der Waals surface area contributed by atoms with E-state index in [0.29, 0.717) is 6.61 Å². The van der Waals surface area contributed by atoms with Gasteiger partial charge in [0.1, 0.15) is 12.0 Å². The smallest absolute Gasteiger partial charge is 0.193 e. The van der Waals surface area contributed by atoms with Gasteiger partial charge in [-0.1, -0.05) is 6.92 Å². The van der Waals surface area contributed by atoms with Crippen molar-refractivity contribution < 1.29 is 9.15 Å². The number of rotatable bonds is 3. The molecular formula is C7H11NO2. The van der Waals surface area contributed by atoms with E-state index < -0.39 is 0 Å². The first-order valence-corrected chi connectivity index (χ1v) is 3.29. The quantitative estimate of drug-likeness (QED) is 0.638. The van der Waals surface area contributed by atoms with E-state index in [2.05, 4.69) is 4.98 Å². The van der Waals surface area contributed by atoms with Crippen molar-refractivity contribution in [2.75, 3.05) is 7.11 Å². The van der Waals surface area contributed by atoms with Crippen LogP contribution in [0.25, 0.3) is 0 Å². The lowest BCUT2D eigenvalue weighted by molar-refractivity contribution is 0.181. The van der Waals surface area contributed by atoms with Gasteiger partial charge in [0.2, 0.25) is 0 Å². The second-order valence-electron chi connectivity index (χ2n) is 2.02. The highest BCUT2D eigenvalue weighted by Crippen LogP contribution is 2.02. The molecule has 0 saturated heterocycles. The van der Waals surface area contributed by atoms with E-state index in [-0.39, 0.29) is 0 Å². The Bertz CT molecular complexity index is 195. The number of ether oxygens (including phenoxy) is 1. The van der Waals surface area contributed by atoms with Gasteiger partial charge in [-0.05, 0) is 0 Å². The summed E-state index contributed by atoms with van der Waals surface area (Å²) < 4.78 is 9.94. The number of hydrogen-bond donors (Lipinski definition) is 0. The predicted octanol–water partition coefficient (Wildman–Crippen LogP) is 1.38. The zero-order valence-electron chi connectivity index (χ0n) is 6.26. The Labute approximate surface area is 60.0 Å². The van der Waals surface area contributed by atoms with Gasteiger partial charge >= 0.3 is 0 Å². The predicted molar refractivity (Wildman–Crippen MR) is 36.6 cm³/mol. The van der Waals surface area contributed by atoms with Crippen molar-refractivity contribution in [1.29, 1.82) is 0 Å². The maximum Gasteiger partial charge on any atom is 0.193 e. The standard InChI is InChI=1S/C7H11NO2/c1-3-7-8-6(4-9-2)5-10-7/h5H,3-4H2,1-2H3. The van der Waals surface area contributed by atoms with Gasteiger partial charge in [0.15, 0.2) is 5.89 Å². The Kier molecular flexibility index (Phi) is 2.45. The van der Waals surface area contributed by atoms with Gasteiger partial charge < -0.3 is 9.15 Å². The molecule has 1 aromatic rings. The van der Waals surface area contributed by atoms with Gasteiger partial charge in [0.05, 0.1) is 6.61 Å². The molecule has 1 aromatic heterocycles. The zero-order chi connectivity index (χ0) is 7.40. The maximum absolute atomic E-state index is 5.08. The lowest BCUT2D eigenvalue weighted by atomic mass is 10.5. The zero-order valence-corrected chi connectivity index (χ0v) is 6.26. The normalized spacial score (nSPS) is 10.2. The molecule has 10 heavy (non-hydrogen) atoms. The summed E-state index contributed by atoms with van der Waals surface area (Å²) in [5, 5.41) is 0. The van der Waals surface area contributed by atoms with Gasteiger partial charge in [0.25, 0.3) is 0 Å². The van der Waals surface area contributed by atoms with Crippen molar-refractivity contribution >= 4 is 0 Å². The summed E-state index contributed by atoms with van der Waals surface area (Å²) in [6, 6.07) is 0. The van der Waals surface area contributed by atoms with Crippen LogP contribution in [0.3, 0.4) is 0 Å². The van der Waals surface area contributed by atoms with E-state index in [1.807, 2.05) is 6.92 Å². The molecule has 0 N–H and O–H groups in total. The Balaban J connectivity index is 2.59. The van der Waals surface area contributed by atoms with E-state index in [9.17, 15) is 0 Å². The Morgan fingerprint density at radius 3 is 3.00 bits per heavy atom. The second-order valence-corrected chi connectivity index (χ2v) is 2.02. The summed E-state index contributed by atoms with van der Waals surface area (Å²) in [4.78, 5) is 4.13. The highest BCUT2D eigenvalue weighted by molar-refractivity contribution is 4.94. The molecule has 0 aromatic carbocycles. The Morgan fingerprint density at radius 2 is 2.50 bits per heavy atom. The number of methoxy groups -OCH3 is 1. The molecule has 0 spiro atoms. The molecule has 0 saturated carbocycles. The van der Waals surface area contributed by atoms with Crippen molar-refractivity contribution in [3.8, 4) is 0 Å². The van der Waals surface area contributed by atoms with Gasteiger partial charge in [-0.3, -0.25) is 0 Å². The second kappa shape index (κ2) is 3.37. The van der Waals surface area contributed by atoms with Crippen LogP contribution >= 0.6 is 0 Å². The monoisotopic (exact) mass is 141 g/mol. The lowest BCUT2D eigenvalue weighted by Crippen LogP contribution is -1.87. The first-order chi connectivity index (χ1) is 4.86. The fourth-order valence-electron chi connectivity index (χ4n) is 0.725. The molecular weight excluding hydrogens is 130 g/mol. The van der Waals surface area contributed by atoms with Crippen LogP contribution in [-0.2, 0) is 17.8 Å². The van der Waals surface area contributed by atoms with Crippen LogP contribution in [0.2, 0.25) is 0 Å². The highest BCUT2D eigenvalue weighted by Gasteiger charge is 1.99. The summed E-state index contributed by atoms with van der Waals surface area (Å²) in [7, 11) is 1.64. The molecule has 0 radical (unpaired) electrons. The van der Waals surface area contributed by atoms with E-state index in [0.717, 1.165) is 18.0 Å². The average Bonchev–Trinajstić information content (AvgIpc) is 2.37. The Hall–Kier alpha value is -0.830. The van der Waals surface area contributed by atoms with E-state index in [1.165, 1.54) is 0 Å². The van der Waals surface area contributed by atoms with Crippen LogP contribution < -0.4 is 0 Å². The molecule has 0 atom stereocenters. The van der Waals surface area contributed by atoms with Crippen molar-refractivity contribution in [2.24, 2.45) is 0 Å². The SMILES string of the molecule is CCc1nc(COC)co1. The van der Waals surface area contributed by atoms with Crippen molar-refractivity contribution in [3.05, 3.63) is 17.8 Å². The number of aryl methyl sites for hydroxylation is 1. The summed E-state index contributed by atoms with van der Waals surface area (Å²) in [6.07, 6.45) is 2.46. The number of hydrogen-bond acceptors (Lipinski definition) is 3. The fourth-order valence-corrected chi connectivity index (χ4v) is 0.725. The number of oxazole rings is 1. The maximum atomic E-state index is 5.08. The van der Waals surface area contributed by atoms with Crippen molar-refractivity contribution in [1.82, 2.24) is 4.98 Å². The molecule has 0 bridgehead atoms. The van der Waals surface area contributed by atoms with Crippen LogP contribution in [0.4, 0.5) is 0 Å². The fraction of sp³-hybridized carbons (Fsp3) is 0.571. The number of nitrogens with zero attached hydrogens (tertiary/aromatic N) is 1. The highest BCUT2D eigenvalue weighted by atomic mass is 16.5. The largest absolute Gasteiger partial charge is 0.449 e. The minimum Gasteiger partial charge on any atom is -0.449 e. The molecule has 0 aliphatic heterocycles. The molecule has 0 amide bonds. The minimum absolute atomic E-state index is 0.531. The topological polar surface area (TPSA) is 35.3 Å². The summed E-state index contributed by atoms with van der Waals surface area (Å²) in [5.74, 6) is 0.770. The number of aromatic nitrogens is 1. The lowest BCUT2D eigenvalue weighted by Gasteiger charge is -1.87. The molecule has 1 heterocycles. The molecule has 0 unspecified atom stereocenters. The first-order valence-electron chi connectivity index (χ1n) is 3.29. The van der Waals surface area contributed by atoms with Crippen LogP contribution in [0.1, 0.15) is 18.5 Å². The molecule has 3 heteroatoms. The van der Waals surface area contributed by atoms with Crippen LogP contribution in [0.5, 0.6) is 0 Å². The van der Waals surface area contributed by atoms with Crippen LogP contribution in [0, 0.1) is 0 Å². The molecule has 3 nitrogen and oxygen atoms in total. The third kappa shape index (κ3) is 1.57. The van der Waals surface area contributed by atoms with Gasteiger partial charge in [-0.2, -0.15) is 0 Å². The molecule has 0 aliphatic carbocycles. The van der Waals surface area contributed by atoms with E-state index >= 15 is 0 Å². The molecule has 0 fully saturated rings. The molecule has 56 valence electrons. The first kappa shape index (κ1) is 7.28. The third-order valence-corrected chi connectivity index (χ3v) is 1.19. The summed E-state index contributed by atoms with van der Waals surface area (Å²) in [5.41, 5.74) is 0.861. The van der Waals surface area contributed by atoms with E-state index in [1.54, 1.807) is 13.4 Å². The van der Waals surface area contributed by atoms with Crippen molar-refractivity contribution in [3.63, 3.8) is 0 Å².